The SMILES string of the molecule is CN(Cc1ccc(C#N)cc1)S(=O)(=O)c1cccc(-n2cnnn2)c1. The van der Waals surface area contributed by atoms with Gasteiger partial charge in [0.2, 0.25) is 10.0 Å². The van der Waals surface area contributed by atoms with Crippen molar-refractivity contribution in [3.05, 3.63) is 66.0 Å². The Morgan fingerprint density at radius 1 is 1.20 bits per heavy atom. The van der Waals surface area contributed by atoms with Gasteiger partial charge in [0, 0.05) is 13.6 Å². The molecule has 0 bridgehead atoms. The van der Waals surface area contributed by atoms with Gasteiger partial charge in [0.1, 0.15) is 6.33 Å². The van der Waals surface area contributed by atoms with E-state index in [2.05, 4.69) is 15.5 Å². The molecule has 2 aromatic carbocycles. The molecule has 8 nitrogen and oxygen atoms in total. The second-order valence-corrected chi connectivity index (χ2v) is 7.37. The lowest BCUT2D eigenvalue weighted by Crippen LogP contribution is -2.26. The summed E-state index contributed by atoms with van der Waals surface area (Å²) in [6.07, 6.45) is 1.40. The van der Waals surface area contributed by atoms with Crippen molar-refractivity contribution in [1.82, 2.24) is 24.5 Å². The zero-order valence-electron chi connectivity index (χ0n) is 13.3. The van der Waals surface area contributed by atoms with Gasteiger partial charge in [-0.2, -0.15) is 9.57 Å². The van der Waals surface area contributed by atoms with Crippen molar-refractivity contribution >= 4 is 10.0 Å². The minimum absolute atomic E-state index is 0.150. The van der Waals surface area contributed by atoms with Crippen LogP contribution in [0.3, 0.4) is 0 Å². The zero-order valence-corrected chi connectivity index (χ0v) is 14.1. The smallest absolute Gasteiger partial charge is 0.207 e. The molecule has 1 aromatic heterocycles. The first-order valence-electron chi connectivity index (χ1n) is 7.29. The Kier molecular flexibility index (Phi) is 4.56. The molecule has 0 aliphatic heterocycles. The van der Waals surface area contributed by atoms with E-state index in [0.29, 0.717) is 11.3 Å². The molecule has 126 valence electrons. The van der Waals surface area contributed by atoms with Crippen LogP contribution in [0.1, 0.15) is 11.1 Å². The van der Waals surface area contributed by atoms with Crippen molar-refractivity contribution < 1.29 is 8.42 Å². The standard InChI is InChI=1S/C16H14N6O2S/c1-21(11-14-7-5-13(10-17)6-8-14)25(23,24)16-4-2-3-15(9-16)22-12-18-19-20-22/h2-9,12H,11H2,1H3. The van der Waals surface area contributed by atoms with Crippen LogP contribution in [0.4, 0.5) is 0 Å². The molecule has 0 aliphatic carbocycles. The third-order valence-corrected chi connectivity index (χ3v) is 5.43. The number of benzene rings is 2. The summed E-state index contributed by atoms with van der Waals surface area (Å²) < 4.78 is 28.2. The number of hydrogen-bond donors (Lipinski definition) is 0. The molecule has 25 heavy (non-hydrogen) atoms. The first kappa shape index (κ1) is 16.8. The second kappa shape index (κ2) is 6.80. The van der Waals surface area contributed by atoms with Gasteiger partial charge < -0.3 is 0 Å². The average molecular weight is 354 g/mol. The van der Waals surface area contributed by atoms with Crippen molar-refractivity contribution in [1.29, 1.82) is 5.26 Å². The monoisotopic (exact) mass is 354 g/mol. The Morgan fingerprint density at radius 2 is 1.96 bits per heavy atom. The van der Waals surface area contributed by atoms with Gasteiger partial charge in [-0.05, 0) is 46.3 Å². The van der Waals surface area contributed by atoms with Gasteiger partial charge in [-0.25, -0.2) is 13.1 Å². The lowest BCUT2D eigenvalue weighted by atomic mass is 10.1. The van der Waals surface area contributed by atoms with Gasteiger partial charge in [-0.3, -0.25) is 0 Å². The van der Waals surface area contributed by atoms with Crippen LogP contribution in [0, 0.1) is 11.3 Å². The molecule has 0 spiro atoms. The van der Waals surface area contributed by atoms with Crippen LogP contribution in [0.5, 0.6) is 0 Å². The summed E-state index contributed by atoms with van der Waals surface area (Å²) in [7, 11) is -2.17. The summed E-state index contributed by atoms with van der Waals surface area (Å²) in [5.41, 5.74) is 1.88. The molecule has 3 rings (SSSR count). The Morgan fingerprint density at radius 3 is 2.60 bits per heavy atom. The van der Waals surface area contributed by atoms with Crippen LogP contribution in [-0.2, 0) is 16.6 Å². The van der Waals surface area contributed by atoms with Gasteiger partial charge in [0.05, 0.1) is 22.2 Å². The highest BCUT2D eigenvalue weighted by Gasteiger charge is 2.21. The second-order valence-electron chi connectivity index (χ2n) is 5.32. The van der Waals surface area contributed by atoms with E-state index in [4.69, 9.17) is 5.26 Å². The first-order chi connectivity index (χ1) is 12.0. The van der Waals surface area contributed by atoms with Gasteiger partial charge in [-0.1, -0.05) is 18.2 Å². The summed E-state index contributed by atoms with van der Waals surface area (Å²) in [5.74, 6) is 0. The highest BCUT2D eigenvalue weighted by Crippen LogP contribution is 2.19. The molecule has 0 N–H and O–H groups in total. The van der Waals surface area contributed by atoms with Gasteiger partial charge in [0.25, 0.3) is 0 Å². The van der Waals surface area contributed by atoms with Crippen LogP contribution in [0.15, 0.2) is 59.8 Å². The molecule has 0 saturated carbocycles. The molecule has 0 saturated heterocycles. The average Bonchev–Trinajstić information content (AvgIpc) is 3.17. The number of tetrazole rings is 1. The van der Waals surface area contributed by atoms with Crippen LogP contribution in [-0.4, -0.2) is 40.0 Å². The summed E-state index contributed by atoms with van der Waals surface area (Å²) in [6, 6.07) is 15.2. The lowest BCUT2D eigenvalue weighted by molar-refractivity contribution is 0.466. The molecule has 0 unspecified atom stereocenters. The van der Waals surface area contributed by atoms with E-state index >= 15 is 0 Å². The van der Waals surface area contributed by atoms with E-state index < -0.39 is 10.0 Å². The highest BCUT2D eigenvalue weighted by atomic mass is 32.2. The van der Waals surface area contributed by atoms with E-state index in [9.17, 15) is 8.42 Å². The number of nitrogens with zero attached hydrogens (tertiary/aromatic N) is 6. The minimum Gasteiger partial charge on any atom is -0.207 e. The molecule has 0 fully saturated rings. The molecule has 9 heteroatoms. The fourth-order valence-electron chi connectivity index (χ4n) is 2.27. The van der Waals surface area contributed by atoms with Crippen LogP contribution in [0.2, 0.25) is 0 Å². The molecule has 0 aliphatic rings. The highest BCUT2D eigenvalue weighted by molar-refractivity contribution is 7.89. The van der Waals surface area contributed by atoms with E-state index in [1.54, 1.807) is 36.4 Å². The van der Waals surface area contributed by atoms with E-state index in [1.807, 2.05) is 6.07 Å². The van der Waals surface area contributed by atoms with E-state index in [-0.39, 0.29) is 11.4 Å². The summed E-state index contributed by atoms with van der Waals surface area (Å²) in [4.78, 5) is 0.150. The number of nitriles is 1. The molecule has 1 heterocycles. The maximum absolute atomic E-state index is 12.8. The first-order valence-corrected chi connectivity index (χ1v) is 8.73. The minimum atomic E-state index is -3.68. The number of aromatic nitrogens is 4. The summed E-state index contributed by atoms with van der Waals surface area (Å²) in [6.45, 7) is 0.198. The maximum Gasteiger partial charge on any atom is 0.243 e. The summed E-state index contributed by atoms with van der Waals surface area (Å²) >= 11 is 0. The predicted molar refractivity (Wildman–Crippen MR) is 89.0 cm³/mol. The quantitative estimate of drug-likeness (QED) is 0.685. The van der Waals surface area contributed by atoms with E-state index in [1.165, 1.54) is 34.5 Å². The van der Waals surface area contributed by atoms with Gasteiger partial charge in [0.15, 0.2) is 0 Å². The molecular weight excluding hydrogens is 340 g/mol. The number of sulfonamides is 1. The zero-order chi connectivity index (χ0) is 17.9. The Labute approximate surface area is 145 Å². The summed E-state index contributed by atoms with van der Waals surface area (Å²) in [5, 5.41) is 19.7. The Balaban J connectivity index is 1.85. The molecule has 0 atom stereocenters. The third-order valence-electron chi connectivity index (χ3n) is 3.63. The normalized spacial score (nSPS) is 11.4. The number of hydrogen-bond acceptors (Lipinski definition) is 6. The number of rotatable bonds is 5. The lowest BCUT2D eigenvalue weighted by Gasteiger charge is -2.17. The van der Waals surface area contributed by atoms with Gasteiger partial charge in [-0.15, -0.1) is 5.10 Å². The van der Waals surface area contributed by atoms with Crippen LogP contribution < -0.4 is 0 Å². The van der Waals surface area contributed by atoms with Crippen LogP contribution in [0.25, 0.3) is 5.69 Å². The topological polar surface area (TPSA) is 105 Å². The molecular formula is C16H14N6O2S. The van der Waals surface area contributed by atoms with Crippen LogP contribution >= 0.6 is 0 Å². The Hall–Kier alpha value is -3.09. The van der Waals surface area contributed by atoms with Crippen molar-refractivity contribution in [2.24, 2.45) is 0 Å². The maximum atomic E-state index is 12.8. The Bertz CT molecular complexity index is 1010. The van der Waals surface area contributed by atoms with Crippen molar-refractivity contribution in [2.45, 2.75) is 11.4 Å². The third kappa shape index (κ3) is 3.55. The molecule has 0 amide bonds. The molecule has 3 aromatic rings. The van der Waals surface area contributed by atoms with Gasteiger partial charge >= 0.3 is 0 Å². The largest absolute Gasteiger partial charge is 0.243 e. The van der Waals surface area contributed by atoms with Crippen molar-refractivity contribution in [3.63, 3.8) is 0 Å². The molecule has 0 radical (unpaired) electrons. The predicted octanol–water partition coefficient (Wildman–Crippen LogP) is 1.35. The van der Waals surface area contributed by atoms with Crippen molar-refractivity contribution in [2.75, 3.05) is 7.05 Å². The fourth-order valence-corrected chi connectivity index (χ4v) is 3.47. The van der Waals surface area contributed by atoms with E-state index in [0.717, 1.165) is 5.56 Å². The van der Waals surface area contributed by atoms with Crippen molar-refractivity contribution in [3.8, 4) is 11.8 Å². The fraction of sp³-hybridized carbons (Fsp3) is 0.125.